The van der Waals surface area contributed by atoms with E-state index >= 15 is 0 Å². The van der Waals surface area contributed by atoms with Crippen molar-refractivity contribution in [3.8, 4) is 11.5 Å². The summed E-state index contributed by atoms with van der Waals surface area (Å²) in [5, 5.41) is 0. The number of ether oxygens (including phenoxy) is 2. The molecule has 0 heterocycles. The molecule has 0 aromatic heterocycles. The average molecular weight is 290 g/mol. The Morgan fingerprint density at radius 3 is 2.80 bits per heavy atom. The molecule has 2 N–H and O–H groups in total. The predicted molar refractivity (Wildman–Crippen MR) is 67.6 cm³/mol. The van der Waals surface area contributed by atoms with Crippen LogP contribution in [0.2, 0.25) is 0 Å². The number of halogens is 1. The lowest BCUT2D eigenvalue weighted by molar-refractivity contribution is 0.326. The molecule has 5 heteroatoms. The molecular formula is C10H12BrNO2S. The molecule has 0 amide bonds. The summed E-state index contributed by atoms with van der Waals surface area (Å²) in [4.78, 5) is 0.458. The van der Waals surface area contributed by atoms with Crippen LogP contribution in [0.4, 0.5) is 0 Å². The van der Waals surface area contributed by atoms with E-state index in [-0.39, 0.29) is 0 Å². The van der Waals surface area contributed by atoms with Gasteiger partial charge in [0.15, 0.2) is 0 Å². The minimum absolute atomic E-state index is 0.458. The molecule has 0 aliphatic carbocycles. The Morgan fingerprint density at radius 2 is 2.27 bits per heavy atom. The lowest BCUT2D eigenvalue weighted by Crippen LogP contribution is -2.12. The van der Waals surface area contributed by atoms with Crippen molar-refractivity contribution in [2.24, 2.45) is 5.73 Å². The lowest BCUT2D eigenvalue weighted by atomic mass is 10.3. The molecule has 0 spiro atoms. The van der Waals surface area contributed by atoms with Crippen LogP contribution < -0.4 is 15.2 Å². The summed E-state index contributed by atoms with van der Waals surface area (Å²) >= 11 is 8.14. The van der Waals surface area contributed by atoms with Crippen LogP contribution in [-0.2, 0) is 0 Å². The molecule has 0 fully saturated rings. The summed E-state index contributed by atoms with van der Waals surface area (Å²) in [6.07, 6.45) is 0.577. The molecule has 0 bridgehead atoms. The van der Waals surface area contributed by atoms with E-state index in [4.69, 9.17) is 27.4 Å². The number of hydrogen-bond acceptors (Lipinski definition) is 3. The van der Waals surface area contributed by atoms with Crippen molar-refractivity contribution in [1.29, 1.82) is 0 Å². The largest absolute Gasteiger partial charge is 0.497 e. The monoisotopic (exact) mass is 289 g/mol. The predicted octanol–water partition coefficient (Wildman–Crippen LogP) is 2.51. The second kappa shape index (κ2) is 5.92. The van der Waals surface area contributed by atoms with Crippen LogP contribution in [0.5, 0.6) is 11.5 Å². The SMILES string of the molecule is COc1ccc(OCCC(N)=S)c(Br)c1. The molecule has 0 atom stereocenters. The third-order valence-electron chi connectivity index (χ3n) is 1.75. The van der Waals surface area contributed by atoms with E-state index in [1.165, 1.54) is 0 Å². The van der Waals surface area contributed by atoms with Crippen molar-refractivity contribution >= 4 is 33.1 Å². The van der Waals surface area contributed by atoms with Gasteiger partial charge < -0.3 is 15.2 Å². The number of nitrogens with two attached hydrogens (primary N) is 1. The summed E-state index contributed by atoms with van der Waals surface area (Å²) in [6, 6.07) is 5.51. The van der Waals surface area contributed by atoms with Gasteiger partial charge in [-0.15, -0.1) is 0 Å². The van der Waals surface area contributed by atoms with E-state index in [0.29, 0.717) is 18.0 Å². The third kappa shape index (κ3) is 4.05. The van der Waals surface area contributed by atoms with E-state index in [1.807, 2.05) is 18.2 Å². The van der Waals surface area contributed by atoms with Crippen molar-refractivity contribution in [3.05, 3.63) is 22.7 Å². The number of benzene rings is 1. The van der Waals surface area contributed by atoms with Gasteiger partial charge in [0, 0.05) is 6.42 Å². The molecule has 0 saturated heterocycles. The van der Waals surface area contributed by atoms with Crippen LogP contribution in [0, 0.1) is 0 Å². The Kier molecular flexibility index (Phi) is 4.84. The zero-order chi connectivity index (χ0) is 11.3. The van der Waals surface area contributed by atoms with E-state index in [1.54, 1.807) is 7.11 Å². The van der Waals surface area contributed by atoms with Crippen LogP contribution in [-0.4, -0.2) is 18.7 Å². The Hall–Kier alpha value is -0.810. The van der Waals surface area contributed by atoms with Gasteiger partial charge in [0.25, 0.3) is 0 Å². The van der Waals surface area contributed by atoms with Crippen molar-refractivity contribution < 1.29 is 9.47 Å². The molecule has 0 aliphatic rings. The minimum Gasteiger partial charge on any atom is -0.497 e. The van der Waals surface area contributed by atoms with Crippen molar-refractivity contribution in [2.75, 3.05) is 13.7 Å². The first-order valence-electron chi connectivity index (χ1n) is 4.38. The Balaban J connectivity index is 2.58. The highest BCUT2D eigenvalue weighted by molar-refractivity contribution is 9.10. The van der Waals surface area contributed by atoms with Crippen molar-refractivity contribution in [2.45, 2.75) is 6.42 Å². The number of hydrogen-bond donors (Lipinski definition) is 1. The fourth-order valence-electron chi connectivity index (χ4n) is 0.987. The standard InChI is InChI=1S/C10H12BrNO2S/c1-13-7-2-3-9(8(11)6-7)14-5-4-10(12)15/h2-3,6H,4-5H2,1H3,(H2,12,15). The molecule has 15 heavy (non-hydrogen) atoms. The average Bonchev–Trinajstić information content (AvgIpc) is 2.20. The van der Waals surface area contributed by atoms with Gasteiger partial charge in [0.05, 0.1) is 23.2 Å². The Morgan fingerprint density at radius 1 is 1.53 bits per heavy atom. The maximum Gasteiger partial charge on any atom is 0.133 e. The second-order valence-corrected chi connectivity index (χ2v) is 4.24. The van der Waals surface area contributed by atoms with Gasteiger partial charge in [-0.3, -0.25) is 0 Å². The van der Waals surface area contributed by atoms with Gasteiger partial charge >= 0.3 is 0 Å². The summed E-state index contributed by atoms with van der Waals surface area (Å²) in [5.41, 5.74) is 5.36. The number of thiocarbonyl (C=S) groups is 1. The van der Waals surface area contributed by atoms with E-state index in [0.717, 1.165) is 16.0 Å². The molecule has 1 rings (SSSR count). The van der Waals surface area contributed by atoms with Crippen LogP contribution in [0.15, 0.2) is 22.7 Å². The quantitative estimate of drug-likeness (QED) is 0.846. The molecule has 1 aromatic rings. The van der Waals surface area contributed by atoms with Crippen LogP contribution in [0.3, 0.4) is 0 Å². The van der Waals surface area contributed by atoms with Gasteiger partial charge in [0.2, 0.25) is 0 Å². The molecule has 82 valence electrons. The summed E-state index contributed by atoms with van der Waals surface area (Å²) in [5.74, 6) is 1.54. The van der Waals surface area contributed by atoms with Crippen LogP contribution >= 0.6 is 28.1 Å². The Labute approximate surface area is 103 Å². The van der Waals surface area contributed by atoms with E-state index in [2.05, 4.69) is 15.9 Å². The maximum atomic E-state index is 5.48. The highest BCUT2D eigenvalue weighted by Crippen LogP contribution is 2.29. The smallest absolute Gasteiger partial charge is 0.133 e. The van der Waals surface area contributed by atoms with Crippen LogP contribution in [0.25, 0.3) is 0 Å². The van der Waals surface area contributed by atoms with Crippen molar-refractivity contribution in [1.82, 2.24) is 0 Å². The number of methoxy groups -OCH3 is 1. The van der Waals surface area contributed by atoms with Gasteiger partial charge in [-0.2, -0.15) is 0 Å². The maximum absolute atomic E-state index is 5.48. The van der Waals surface area contributed by atoms with Gasteiger partial charge in [0.1, 0.15) is 11.5 Å². The normalized spacial score (nSPS) is 9.73. The second-order valence-electron chi connectivity index (χ2n) is 2.86. The summed E-state index contributed by atoms with van der Waals surface area (Å²) in [6.45, 7) is 0.486. The van der Waals surface area contributed by atoms with Gasteiger partial charge in [-0.1, -0.05) is 12.2 Å². The minimum atomic E-state index is 0.458. The molecule has 0 saturated carbocycles. The molecule has 0 radical (unpaired) electrons. The summed E-state index contributed by atoms with van der Waals surface area (Å²) < 4.78 is 11.4. The van der Waals surface area contributed by atoms with Gasteiger partial charge in [-0.25, -0.2) is 0 Å². The molecule has 0 unspecified atom stereocenters. The van der Waals surface area contributed by atoms with Crippen LogP contribution in [0.1, 0.15) is 6.42 Å². The van der Waals surface area contributed by atoms with E-state index in [9.17, 15) is 0 Å². The number of rotatable bonds is 5. The zero-order valence-electron chi connectivity index (χ0n) is 8.33. The first-order chi connectivity index (χ1) is 7.13. The molecule has 3 nitrogen and oxygen atoms in total. The topological polar surface area (TPSA) is 44.5 Å². The molecule has 1 aromatic carbocycles. The molecular weight excluding hydrogens is 278 g/mol. The third-order valence-corrected chi connectivity index (χ3v) is 2.57. The fourth-order valence-corrected chi connectivity index (χ4v) is 1.54. The lowest BCUT2D eigenvalue weighted by Gasteiger charge is -2.08. The van der Waals surface area contributed by atoms with E-state index < -0.39 is 0 Å². The first-order valence-corrected chi connectivity index (χ1v) is 5.58. The Bertz CT molecular complexity index is 357. The van der Waals surface area contributed by atoms with Crippen molar-refractivity contribution in [3.63, 3.8) is 0 Å². The first kappa shape index (κ1) is 12.3. The highest BCUT2D eigenvalue weighted by Gasteiger charge is 2.02. The molecule has 0 aliphatic heterocycles. The summed E-state index contributed by atoms with van der Waals surface area (Å²) in [7, 11) is 1.62. The highest BCUT2D eigenvalue weighted by atomic mass is 79.9. The fraction of sp³-hybridized carbons (Fsp3) is 0.300. The van der Waals surface area contributed by atoms with Gasteiger partial charge in [-0.05, 0) is 34.1 Å². The zero-order valence-corrected chi connectivity index (χ0v) is 10.7.